The fraction of sp³-hybridized carbons (Fsp3) is 0.261. The Hall–Kier alpha value is -2.43. The summed E-state index contributed by atoms with van der Waals surface area (Å²) in [7, 11) is 0. The van der Waals surface area contributed by atoms with Crippen molar-refractivity contribution in [1.82, 2.24) is 4.90 Å². The van der Waals surface area contributed by atoms with Gasteiger partial charge in [-0.1, -0.05) is 48.5 Å². The Labute approximate surface area is 164 Å². The van der Waals surface area contributed by atoms with Crippen molar-refractivity contribution in [3.8, 4) is 0 Å². The van der Waals surface area contributed by atoms with E-state index in [2.05, 4.69) is 45.9 Å². The summed E-state index contributed by atoms with van der Waals surface area (Å²) in [6, 6.07) is 19.0. The Kier molecular flexibility index (Phi) is 5.10. The van der Waals surface area contributed by atoms with Crippen molar-refractivity contribution in [2.24, 2.45) is 0 Å². The first kappa shape index (κ1) is 18.0. The van der Waals surface area contributed by atoms with E-state index in [0.717, 1.165) is 29.8 Å². The van der Waals surface area contributed by atoms with Crippen LogP contribution >= 0.6 is 11.3 Å². The molecule has 0 spiro atoms. The van der Waals surface area contributed by atoms with E-state index in [1.807, 2.05) is 49.4 Å². The number of carbonyl (C=O) groups is 1. The molecule has 3 nitrogen and oxygen atoms in total. The molecule has 0 aliphatic carbocycles. The summed E-state index contributed by atoms with van der Waals surface area (Å²) in [6.45, 7) is 5.36. The van der Waals surface area contributed by atoms with Crippen molar-refractivity contribution in [2.75, 3.05) is 18.4 Å². The first-order valence-corrected chi connectivity index (χ1v) is 10.2. The summed E-state index contributed by atoms with van der Waals surface area (Å²) in [5.41, 5.74) is 5.73. The molecule has 2 aromatic carbocycles. The van der Waals surface area contributed by atoms with Gasteiger partial charge in [0.15, 0.2) is 0 Å². The predicted molar refractivity (Wildman–Crippen MR) is 112 cm³/mol. The number of benzene rings is 2. The van der Waals surface area contributed by atoms with Gasteiger partial charge in [-0.25, -0.2) is 0 Å². The van der Waals surface area contributed by atoms with Crippen LogP contribution in [0.15, 0.2) is 60.0 Å². The van der Waals surface area contributed by atoms with Crippen LogP contribution in [0.3, 0.4) is 0 Å². The van der Waals surface area contributed by atoms with Gasteiger partial charge in [-0.2, -0.15) is 0 Å². The number of hydrogen-bond donors (Lipinski definition) is 1. The zero-order valence-corrected chi connectivity index (χ0v) is 16.6. The Morgan fingerprint density at radius 3 is 2.56 bits per heavy atom. The highest BCUT2D eigenvalue weighted by Crippen LogP contribution is 2.37. The quantitative estimate of drug-likeness (QED) is 0.699. The highest BCUT2D eigenvalue weighted by molar-refractivity contribution is 7.10. The lowest BCUT2D eigenvalue weighted by Gasteiger charge is -2.35. The van der Waals surface area contributed by atoms with E-state index in [0.29, 0.717) is 6.54 Å². The molecule has 2 heterocycles. The van der Waals surface area contributed by atoms with E-state index >= 15 is 0 Å². The number of aryl methyl sites for hydroxylation is 2. The molecule has 4 heteroatoms. The van der Waals surface area contributed by atoms with Crippen molar-refractivity contribution < 1.29 is 4.79 Å². The predicted octanol–water partition coefficient (Wildman–Crippen LogP) is 4.95. The Morgan fingerprint density at radius 1 is 1.07 bits per heavy atom. The summed E-state index contributed by atoms with van der Waals surface area (Å²) in [5.74, 6) is 0.0482. The summed E-state index contributed by atoms with van der Waals surface area (Å²) < 4.78 is 0. The van der Waals surface area contributed by atoms with Gasteiger partial charge >= 0.3 is 0 Å². The highest BCUT2D eigenvalue weighted by Gasteiger charge is 2.30. The molecule has 1 N–H and O–H groups in total. The number of thiophene rings is 1. The van der Waals surface area contributed by atoms with Crippen LogP contribution in [0, 0.1) is 13.8 Å². The van der Waals surface area contributed by atoms with Gasteiger partial charge in [-0.3, -0.25) is 9.69 Å². The molecule has 1 aliphatic rings. The third kappa shape index (κ3) is 3.68. The van der Waals surface area contributed by atoms with Crippen molar-refractivity contribution in [1.29, 1.82) is 0 Å². The molecule has 27 heavy (non-hydrogen) atoms. The lowest BCUT2D eigenvalue weighted by molar-refractivity contribution is -0.117. The third-order valence-electron chi connectivity index (χ3n) is 5.27. The fourth-order valence-electron chi connectivity index (χ4n) is 3.94. The average Bonchev–Trinajstić information content (AvgIpc) is 3.14. The first-order chi connectivity index (χ1) is 13.1. The Balaban J connectivity index is 1.58. The Bertz CT molecular complexity index is 928. The fourth-order valence-corrected chi connectivity index (χ4v) is 4.84. The number of anilines is 1. The molecular weight excluding hydrogens is 352 g/mol. The molecular formula is C23H24N2OS. The van der Waals surface area contributed by atoms with Crippen LogP contribution in [0.2, 0.25) is 0 Å². The Morgan fingerprint density at radius 2 is 1.81 bits per heavy atom. The number of carbonyl (C=O) groups excluding carboxylic acids is 1. The van der Waals surface area contributed by atoms with Crippen molar-refractivity contribution in [2.45, 2.75) is 26.3 Å². The minimum Gasteiger partial charge on any atom is -0.324 e. The lowest BCUT2D eigenvalue weighted by atomic mass is 9.93. The summed E-state index contributed by atoms with van der Waals surface area (Å²) in [4.78, 5) is 16.6. The molecule has 0 saturated carbocycles. The molecule has 1 aromatic heterocycles. The second-order valence-corrected chi connectivity index (χ2v) is 8.15. The number of amides is 1. The zero-order valence-electron chi connectivity index (χ0n) is 15.7. The van der Waals surface area contributed by atoms with Gasteiger partial charge in [0.25, 0.3) is 0 Å². The van der Waals surface area contributed by atoms with Gasteiger partial charge in [-0.05, 0) is 54.0 Å². The summed E-state index contributed by atoms with van der Waals surface area (Å²) >= 11 is 1.82. The van der Waals surface area contributed by atoms with E-state index in [9.17, 15) is 4.79 Å². The van der Waals surface area contributed by atoms with Gasteiger partial charge in [-0.15, -0.1) is 11.3 Å². The largest absolute Gasteiger partial charge is 0.324 e. The standard InChI is InChI=1S/C23H24N2OS/c1-16-7-6-8-17(2)22(16)24-21(26)15-25-13-11-20-19(12-14-27-20)23(25)18-9-4-3-5-10-18/h3-10,12,14,23H,11,13,15H2,1-2H3,(H,24,26). The van der Waals surface area contributed by atoms with Crippen LogP contribution in [-0.2, 0) is 11.2 Å². The molecule has 138 valence electrons. The molecule has 1 aliphatic heterocycles. The highest BCUT2D eigenvalue weighted by atomic mass is 32.1. The third-order valence-corrected chi connectivity index (χ3v) is 6.27. The van der Waals surface area contributed by atoms with Crippen molar-refractivity contribution >= 4 is 22.9 Å². The normalized spacial score (nSPS) is 16.7. The van der Waals surface area contributed by atoms with Crippen LogP contribution in [-0.4, -0.2) is 23.9 Å². The van der Waals surface area contributed by atoms with Crippen LogP contribution < -0.4 is 5.32 Å². The van der Waals surface area contributed by atoms with Gasteiger partial charge in [0.05, 0.1) is 12.6 Å². The number of nitrogens with zero attached hydrogens (tertiary/aromatic N) is 1. The SMILES string of the molecule is Cc1cccc(C)c1NC(=O)CN1CCc2sccc2C1c1ccccc1. The first-order valence-electron chi connectivity index (χ1n) is 9.35. The minimum atomic E-state index is 0.0482. The molecule has 0 fully saturated rings. The molecule has 1 unspecified atom stereocenters. The zero-order chi connectivity index (χ0) is 18.8. The summed E-state index contributed by atoms with van der Waals surface area (Å²) in [6.07, 6.45) is 1.01. The maximum atomic E-state index is 12.9. The number of fused-ring (bicyclic) bond motifs is 1. The van der Waals surface area contributed by atoms with Crippen molar-refractivity contribution in [3.63, 3.8) is 0 Å². The molecule has 1 amide bonds. The maximum Gasteiger partial charge on any atom is 0.238 e. The number of hydrogen-bond acceptors (Lipinski definition) is 3. The van der Waals surface area contributed by atoms with Crippen LogP contribution in [0.1, 0.15) is 33.2 Å². The number of para-hydroxylation sites is 1. The molecule has 4 rings (SSSR count). The van der Waals surface area contributed by atoms with Gasteiger partial charge in [0.2, 0.25) is 5.91 Å². The van der Waals surface area contributed by atoms with Gasteiger partial charge in [0.1, 0.15) is 0 Å². The van der Waals surface area contributed by atoms with E-state index in [1.54, 1.807) is 0 Å². The smallest absolute Gasteiger partial charge is 0.238 e. The topological polar surface area (TPSA) is 32.3 Å². The van der Waals surface area contributed by atoms with E-state index in [1.165, 1.54) is 16.0 Å². The number of nitrogens with one attached hydrogen (secondary N) is 1. The monoisotopic (exact) mass is 376 g/mol. The van der Waals surface area contributed by atoms with E-state index in [4.69, 9.17) is 0 Å². The lowest BCUT2D eigenvalue weighted by Crippen LogP contribution is -2.40. The van der Waals surface area contributed by atoms with E-state index in [-0.39, 0.29) is 11.9 Å². The van der Waals surface area contributed by atoms with Crippen molar-refractivity contribution in [3.05, 3.63) is 87.1 Å². The van der Waals surface area contributed by atoms with Crippen LogP contribution in [0.25, 0.3) is 0 Å². The van der Waals surface area contributed by atoms with Crippen LogP contribution in [0.5, 0.6) is 0 Å². The maximum absolute atomic E-state index is 12.9. The summed E-state index contributed by atoms with van der Waals surface area (Å²) in [5, 5.41) is 5.31. The molecule has 3 aromatic rings. The van der Waals surface area contributed by atoms with Gasteiger partial charge in [0, 0.05) is 17.1 Å². The minimum absolute atomic E-state index is 0.0482. The molecule has 0 saturated heterocycles. The van der Waals surface area contributed by atoms with Crippen LogP contribution in [0.4, 0.5) is 5.69 Å². The molecule has 0 bridgehead atoms. The van der Waals surface area contributed by atoms with Gasteiger partial charge < -0.3 is 5.32 Å². The van der Waals surface area contributed by atoms with E-state index < -0.39 is 0 Å². The average molecular weight is 377 g/mol. The molecule has 0 radical (unpaired) electrons. The second-order valence-electron chi connectivity index (χ2n) is 7.15. The second kappa shape index (κ2) is 7.67. The number of rotatable bonds is 4. The molecule has 1 atom stereocenters.